The van der Waals surface area contributed by atoms with Crippen molar-refractivity contribution in [1.29, 1.82) is 0 Å². The molecule has 2 rings (SSSR count). The highest BCUT2D eigenvalue weighted by atomic mass is 16.5. The van der Waals surface area contributed by atoms with Crippen LogP contribution in [0.4, 0.5) is 5.69 Å². The highest BCUT2D eigenvalue weighted by Crippen LogP contribution is 2.19. The number of anilines is 1. The van der Waals surface area contributed by atoms with Crippen LogP contribution in [0.5, 0.6) is 5.75 Å². The molecule has 0 aliphatic rings. The molecule has 2 N–H and O–H groups in total. The lowest BCUT2D eigenvalue weighted by Crippen LogP contribution is -2.33. The van der Waals surface area contributed by atoms with E-state index in [-0.39, 0.29) is 5.91 Å². The summed E-state index contributed by atoms with van der Waals surface area (Å²) in [5.74, 6) is 0.578. The fourth-order valence-corrected chi connectivity index (χ4v) is 2.12. The molecule has 0 aromatic heterocycles. The van der Waals surface area contributed by atoms with Crippen LogP contribution >= 0.6 is 0 Å². The van der Waals surface area contributed by atoms with Gasteiger partial charge in [-0.05, 0) is 17.7 Å². The lowest BCUT2D eigenvalue weighted by Gasteiger charge is -2.18. The summed E-state index contributed by atoms with van der Waals surface area (Å²) in [6, 6.07) is 16.4. The third kappa shape index (κ3) is 4.20. The Morgan fingerprint density at radius 1 is 1.23 bits per heavy atom. The van der Waals surface area contributed by atoms with Crippen LogP contribution in [0, 0.1) is 0 Å². The van der Waals surface area contributed by atoms with Crippen molar-refractivity contribution in [3.63, 3.8) is 0 Å². The van der Waals surface area contributed by atoms with Crippen molar-refractivity contribution in [2.24, 2.45) is 0 Å². The molecule has 0 saturated heterocycles. The number of benzene rings is 2. The summed E-state index contributed by atoms with van der Waals surface area (Å²) in [5, 5.41) is 6.08. The van der Waals surface area contributed by atoms with E-state index in [1.807, 2.05) is 48.5 Å². The van der Waals surface area contributed by atoms with E-state index in [0.717, 1.165) is 5.56 Å². The Bertz CT molecular complexity index is 626. The molecule has 0 aliphatic carbocycles. The van der Waals surface area contributed by atoms with Crippen molar-refractivity contribution in [2.75, 3.05) is 19.0 Å². The Balaban J connectivity index is 2.16. The quantitative estimate of drug-likeness (QED) is 0.772. The van der Waals surface area contributed by atoms with Gasteiger partial charge in [-0.25, -0.2) is 0 Å². The Morgan fingerprint density at radius 3 is 2.68 bits per heavy atom. The maximum absolute atomic E-state index is 12.6. The number of nitrogens with one attached hydrogen (secondary N) is 2. The fraction of sp³-hybridized carbons (Fsp3) is 0.167. The summed E-state index contributed by atoms with van der Waals surface area (Å²) in [6.07, 6.45) is 1.73. The number of hydrogen-bond acceptors (Lipinski definition) is 3. The van der Waals surface area contributed by atoms with Crippen molar-refractivity contribution in [3.8, 4) is 5.75 Å². The first-order valence-electron chi connectivity index (χ1n) is 7.08. The van der Waals surface area contributed by atoms with E-state index in [4.69, 9.17) is 4.74 Å². The molecule has 2 aromatic rings. The highest BCUT2D eigenvalue weighted by Gasteiger charge is 2.19. The summed E-state index contributed by atoms with van der Waals surface area (Å²) < 4.78 is 5.17. The van der Waals surface area contributed by atoms with Gasteiger partial charge in [0.1, 0.15) is 11.8 Å². The number of carbonyl (C=O) groups excluding carboxylic acids is 1. The van der Waals surface area contributed by atoms with Crippen molar-refractivity contribution in [1.82, 2.24) is 5.32 Å². The number of ether oxygens (including phenoxy) is 1. The highest BCUT2D eigenvalue weighted by molar-refractivity contribution is 5.95. The molecule has 0 spiro atoms. The minimum atomic E-state index is -0.439. The Morgan fingerprint density at radius 2 is 2.00 bits per heavy atom. The maximum Gasteiger partial charge on any atom is 0.246 e. The zero-order chi connectivity index (χ0) is 15.8. The Labute approximate surface area is 130 Å². The second-order valence-corrected chi connectivity index (χ2v) is 4.76. The molecule has 0 saturated carbocycles. The minimum Gasteiger partial charge on any atom is -0.497 e. The van der Waals surface area contributed by atoms with Crippen LogP contribution < -0.4 is 15.4 Å². The molecular weight excluding hydrogens is 276 g/mol. The van der Waals surface area contributed by atoms with Crippen LogP contribution in [-0.2, 0) is 4.79 Å². The average Bonchev–Trinajstić information content (AvgIpc) is 2.56. The van der Waals surface area contributed by atoms with Crippen molar-refractivity contribution >= 4 is 11.6 Å². The zero-order valence-corrected chi connectivity index (χ0v) is 12.6. The van der Waals surface area contributed by atoms with Gasteiger partial charge >= 0.3 is 0 Å². The third-order valence-electron chi connectivity index (χ3n) is 3.20. The summed E-state index contributed by atoms with van der Waals surface area (Å²) in [6.45, 7) is 4.23. The average molecular weight is 296 g/mol. The van der Waals surface area contributed by atoms with Gasteiger partial charge in [-0.15, -0.1) is 6.58 Å². The second-order valence-electron chi connectivity index (χ2n) is 4.76. The smallest absolute Gasteiger partial charge is 0.246 e. The van der Waals surface area contributed by atoms with Gasteiger partial charge in [0.25, 0.3) is 0 Å². The number of amides is 1. The lowest BCUT2D eigenvalue weighted by atomic mass is 10.1. The summed E-state index contributed by atoms with van der Waals surface area (Å²) >= 11 is 0. The molecule has 0 aliphatic heterocycles. The monoisotopic (exact) mass is 296 g/mol. The van der Waals surface area contributed by atoms with Gasteiger partial charge in [0.15, 0.2) is 0 Å². The van der Waals surface area contributed by atoms with E-state index < -0.39 is 6.04 Å². The first-order chi connectivity index (χ1) is 10.7. The molecule has 0 radical (unpaired) electrons. The first kappa shape index (κ1) is 15.8. The molecule has 0 fully saturated rings. The molecule has 0 bridgehead atoms. The fourth-order valence-electron chi connectivity index (χ4n) is 2.12. The molecule has 4 heteroatoms. The van der Waals surface area contributed by atoms with E-state index in [1.165, 1.54) is 0 Å². The molecule has 0 unspecified atom stereocenters. The van der Waals surface area contributed by atoms with Crippen molar-refractivity contribution < 1.29 is 9.53 Å². The van der Waals surface area contributed by atoms with E-state index in [0.29, 0.717) is 18.0 Å². The van der Waals surface area contributed by atoms with Gasteiger partial charge in [-0.1, -0.05) is 42.5 Å². The SMILES string of the molecule is C=CCN[C@@H](C(=O)Nc1cccc(OC)c1)c1ccccc1. The van der Waals surface area contributed by atoms with Crippen LogP contribution in [0.15, 0.2) is 67.3 Å². The van der Waals surface area contributed by atoms with Crippen LogP contribution in [-0.4, -0.2) is 19.6 Å². The summed E-state index contributed by atoms with van der Waals surface area (Å²) in [4.78, 5) is 12.6. The number of methoxy groups -OCH3 is 1. The molecule has 2 aromatic carbocycles. The Kier molecular flexibility index (Phi) is 5.74. The summed E-state index contributed by atoms with van der Waals surface area (Å²) in [7, 11) is 1.60. The predicted octanol–water partition coefficient (Wildman–Crippen LogP) is 3.15. The van der Waals surface area contributed by atoms with Gasteiger partial charge in [0.2, 0.25) is 5.91 Å². The van der Waals surface area contributed by atoms with Gasteiger partial charge < -0.3 is 10.1 Å². The van der Waals surface area contributed by atoms with Crippen LogP contribution in [0.1, 0.15) is 11.6 Å². The van der Waals surface area contributed by atoms with Crippen LogP contribution in [0.25, 0.3) is 0 Å². The number of hydrogen-bond donors (Lipinski definition) is 2. The molecule has 0 heterocycles. The maximum atomic E-state index is 12.6. The molecule has 1 amide bonds. The standard InChI is InChI=1S/C18H20N2O2/c1-3-12-19-17(14-8-5-4-6-9-14)18(21)20-15-10-7-11-16(13-15)22-2/h3-11,13,17,19H,1,12H2,2H3,(H,20,21)/t17-/m1/s1. The van der Waals surface area contributed by atoms with Crippen LogP contribution in [0.2, 0.25) is 0 Å². The summed E-state index contributed by atoms with van der Waals surface area (Å²) in [5.41, 5.74) is 1.61. The molecule has 4 nitrogen and oxygen atoms in total. The topological polar surface area (TPSA) is 50.4 Å². The normalized spacial score (nSPS) is 11.5. The van der Waals surface area contributed by atoms with E-state index in [2.05, 4.69) is 17.2 Å². The Hall–Kier alpha value is -2.59. The van der Waals surface area contributed by atoms with E-state index >= 15 is 0 Å². The third-order valence-corrected chi connectivity index (χ3v) is 3.20. The van der Waals surface area contributed by atoms with Crippen LogP contribution in [0.3, 0.4) is 0 Å². The van der Waals surface area contributed by atoms with Gasteiger partial charge in [-0.2, -0.15) is 0 Å². The predicted molar refractivity (Wildman–Crippen MR) is 89.0 cm³/mol. The second kappa shape index (κ2) is 8.00. The zero-order valence-electron chi connectivity index (χ0n) is 12.6. The number of rotatable bonds is 7. The van der Waals surface area contributed by atoms with Crippen molar-refractivity contribution in [3.05, 3.63) is 72.8 Å². The van der Waals surface area contributed by atoms with E-state index in [9.17, 15) is 4.79 Å². The molecule has 114 valence electrons. The van der Waals surface area contributed by atoms with Gasteiger partial charge in [0, 0.05) is 18.3 Å². The van der Waals surface area contributed by atoms with E-state index in [1.54, 1.807) is 19.3 Å². The van der Waals surface area contributed by atoms with Gasteiger partial charge in [-0.3, -0.25) is 10.1 Å². The molecular formula is C18H20N2O2. The lowest BCUT2D eigenvalue weighted by molar-refractivity contribution is -0.118. The minimum absolute atomic E-state index is 0.124. The molecule has 22 heavy (non-hydrogen) atoms. The van der Waals surface area contributed by atoms with Crippen molar-refractivity contribution in [2.45, 2.75) is 6.04 Å². The number of carbonyl (C=O) groups is 1. The van der Waals surface area contributed by atoms with Gasteiger partial charge in [0.05, 0.1) is 7.11 Å². The largest absolute Gasteiger partial charge is 0.497 e. The molecule has 1 atom stereocenters. The first-order valence-corrected chi connectivity index (χ1v) is 7.08.